The summed E-state index contributed by atoms with van der Waals surface area (Å²) in [5, 5.41) is 9.27. The molecule has 2 aromatic carbocycles. The molecule has 0 saturated carbocycles. The lowest BCUT2D eigenvalue weighted by Crippen LogP contribution is -2.09. The molecular formula is C17H18O2S. The van der Waals surface area contributed by atoms with Crippen LogP contribution in [0.2, 0.25) is 0 Å². The van der Waals surface area contributed by atoms with Crippen LogP contribution in [0.25, 0.3) is 5.57 Å². The fourth-order valence-electron chi connectivity index (χ4n) is 1.94. The van der Waals surface area contributed by atoms with E-state index in [0.717, 1.165) is 16.0 Å². The third-order valence-corrected chi connectivity index (χ3v) is 4.08. The van der Waals surface area contributed by atoms with Gasteiger partial charge in [-0.2, -0.15) is 0 Å². The van der Waals surface area contributed by atoms with E-state index in [9.17, 15) is 5.11 Å². The summed E-state index contributed by atoms with van der Waals surface area (Å²) >= 11 is 1.63. The molecule has 1 N–H and O–H groups in total. The number of aliphatic hydroxyl groups is 1. The van der Waals surface area contributed by atoms with Crippen LogP contribution in [-0.2, 0) is 4.74 Å². The lowest BCUT2D eigenvalue weighted by atomic mass is 10.1. The van der Waals surface area contributed by atoms with Gasteiger partial charge in [0.2, 0.25) is 0 Å². The summed E-state index contributed by atoms with van der Waals surface area (Å²) in [7, 11) is 1.69. The van der Waals surface area contributed by atoms with Crippen molar-refractivity contribution in [2.45, 2.75) is 10.3 Å². The van der Waals surface area contributed by atoms with Crippen molar-refractivity contribution < 1.29 is 9.84 Å². The van der Waals surface area contributed by atoms with Crippen LogP contribution >= 0.6 is 11.8 Å². The van der Waals surface area contributed by atoms with Gasteiger partial charge in [-0.1, -0.05) is 66.4 Å². The van der Waals surface area contributed by atoms with Gasteiger partial charge in [0, 0.05) is 12.0 Å². The minimum absolute atomic E-state index is 0.000558. The fourth-order valence-corrected chi connectivity index (χ4v) is 2.96. The maximum Gasteiger partial charge on any atom is 0.132 e. The van der Waals surface area contributed by atoms with Crippen LogP contribution in [0.3, 0.4) is 0 Å². The second kappa shape index (κ2) is 7.90. The zero-order valence-electron chi connectivity index (χ0n) is 11.4. The molecule has 0 heterocycles. The third kappa shape index (κ3) is 3.97. The molecule has 2 aromatic rings. The van der Waals surface area contributed by atoms with Gasteiger partial charge in [0.15, 0.2) is 0 Å². The second-order valence-corrected chi connectivity index (χ2v) is 5.34. The van der Waals surface area contributed by atoms with Crippen molar-refractivity contribution in [1.82, 2.24) is 0 Å². The fraction of sp³-hybridized carbons (Fsp3) is 0.176. The van der Waals surface area contributed by atoms with Gasteiger partial charge in [-0.05, 0) is 23.3 Å². The summed E-state index contributed by atoms with van der Waals surface area (Å²) in [6.45, 7) is -0.000558. The van der Waals surface area contributed by atoms with Crippen LogP contribution in [0.15, 0.2) is 71.6 Å². The molecule has 104 valence electrons. The van der Waals surface area contributed by atoms with Gasteiger partial charge in [0.05, 0.1) is 6.61 Å². The van der Waals surface area contributed by atoms with E-state index in [-0.39, 0.29) is 12.0 Å². The van der Waals surface area contributed by atoms with Crippen molar-refractivity contribution in [3.63, 3.8) is 0 Å². The molecule has 0 saturated heterocycles. The van der Waals surface area contributed by atoms with Gasteiger partial charge in [-0.25, -0.2) is 0 Å². The molecule has 1 atom stereocenters. The Morgan fingerprint density at radius 3 is 2.25 bits per heavy atom. The van der Waals surface area contributed by atoms with Gasteiger partial charge < -0.3 is 9.84 Å². The molecule has 2 nitrogen and oxygen atoms in total. The Morgan fingerprint density at radius 2 is 1.70 bits per heavy atom. The molecule has 0 radical (unpaired) electrons. The third-order valence-electron chi connectivity index (χ3n) is 2.87. The van der Waals surface area contributed by atoms with Crippen LogP contribution in [0.4, 0.5) is 0 Å². The van der Waals surface area contributed by atoms with Crippen LogP contribution in [-0.4, -0.2) is 24.3 Å². The molecular weight excluding hydrogens is 268 g/mol. The minimum Gasteiger partial charge on any atom is -0.392 e. The monoisotopic (exact) mass is 286 g/mol. The summed E-state index contributed by atoms with van der Waals surface area (Å²) in [6, 6.07) is 20.1. The number of thioether (sulfide) groups is 1. The standard InChI is InChI=1S/C17H18O2S/c1-19-17(20-15-10-6-3-7-11-15)16(12-13-18)14-8-4-2-5-9-14/h2-12,17-18H,13H2,1H3. The first-order chi connectivity index (χ1) is 9.85. The summed E-state index contributed by atoms with van der Waals surface area (Å²) in [5.74, 6) is 0. The summed E-state index contributed by atoms with van der Waals surface area (Å²) in [4.78, 5) is 1.14. The highest BCUT2D eigenvalue weighted by Crippen LogP contribution is 2.33. The Morgan fingerprint density at radius 1 is 1.10 bits per heavy atom. The highest BCUT2D eigenvalue weighted by Gasteiger charge is 2.16. The SMILES string of the molecule is COC(Sc1ccccc1)C(=CCO)c1ccccc1. The quantitative estimate of drug-likeness (QED) is 0.646. The van der Waals surface area contributed by atoms with Gasteiger partial charge >= 0.3 is 0 Å². The first kappa shape index (κ1) is 14.9. The Balaban J connectivity index is 2.25. The molecule has 0 aliphatic heterocycles. The molecule has 2 rings (SSSR count). The lowest BCUT2D eigenvalue weighted by Gasteiger charge is -2.19. The lowest BCUT2D eigenvalue weighted by molar-refractivity contribution is 0.213. The minimum atomic E-state index is -0.146. The zero-order chi connectivity index (χ0) is 14.2. The number of ether oxygens (including phenoxy) is 1. The van der Waals surface area contributed by atoms with Gasteiger partial charge in [0.1, 0.15) is 5.44 Å². The summed E-state index contributed by atoms with van der Waals surface area (Å²) in [6.07, 6.45) is 1.80. The average molecular weight is 286 g/mol. The molecule has 0 bridgehead atoms. The van der Waals surface area contributed by atoms with E-state index in [0.29, 0.717) is 0 Å². The molecule has 0 aliphatic carbocycles. The van der Waals surface area contributed by atoms with Crippen molar-refractivity contribution in [1.29, 1.82) is 0 Å². The number of benzene rings is 2. The molecule has 0 aromatic heterocycles. The summed E-state index contributed by atoms with van der Waals surface area (Å²) in [5.41, 5.74) is 1.91. The Labute approximate surface area is 124 Å². The number of aliphatic hydroxyl groups excluding tert-OH is 1. The Hall–Kier alpha value is -1.55. The second-order valence-electron chi connectivity index (χ2n) is 4.21. The van der Waals surface area contributed by atoms with E-state index in [2.05, 4.69) is 12.1 Å². The number of rotatable bonds is 6. The number of hydrogen-bond acceptors (Lipinski definition) is 3. The van der Waals surface area contributed by atoms with E-state index in [4.69, 9.17) is 4.74 Å². The van der Waals surface area contributed by atoms with E-state index in [1.165, 1.54) is 0 Å². The smallest absolute Gasteiger partial charge is 0.132 e. The summed E-state index contributed by atoms with van der Waals surface area (Å²) < 4.78 is 5.61. The molecule has 0 aliphatic rings. The maximum atomic E-state index is 9.27. The predicted octanol–water partition coefficient (Wildman–Crippen LogP) is 3.83. The molecule has 20 heavy (non-hydrogen) atoms. The van der Waals surface area contributed by atoms with E-state index in [1.54, 1.807) is 24.9 Å². The predicted molar refractivity (Wildman–Crippen MR) is 84.6 cm³/mol. The van der Waals surface area contributed by atoms with E-state index < -0.39 is 0 Å². The highest BCUT2D eigenvalue weighted by molar-refractivity contribution is 8.00. The number of methoxy groups -OCH3 is 1. The van der Waals surface area contributed by atoms with Gasteiger partial charge in [0.25, 0.3) is 0 Å². The first-order valence-corrected chi connectivity index (χ1v) is 7.34. The molecule has 1 unspecified atom stereocenters. The topological polar surface area (TPSA) is 29.5 Å². The zero-order valence-corrected chi connectivity index (χ0v) is 12.2. The maximum absolute atomic E-state index is 9.27. The van der Waals surface area contributed by atoms with Crippen molar-refractivity contribution in [3.8, 4) is 0 Å². The first-order valence-electron chi connectivity index (χ1n) is 6.46. The van der Waals surface area contributed by atoms with Gasteiger partial charge in [-0.3, -0.25) is 0 Å². The molecule has 0 fully saturated rings. The van der Waals surface area contributed by atoms with Crippen molar-refractivity contribution >= 4 is 17.3 Å². The molecule has 3 heteroatoms. The highest BCUT2D eigenvalue weighted by atomic mass is 32.2. The van der Waals surface area contributed by atoms with Crippen molar-refractivity contribution in [3.05, 3.63) is 72.3 Å². The van der Waals surface area contributed by atoms with Crippen LogP contribution < -0.4 is 0 Å². The van der Waals surface area contributed by atoms with E-state index >= 15 is 0 Å². The number of hydrogen-bond donors (Lipinski definition) is 1. The van der Waals surface area contributed by atoms with Crippen molar-refractivity contribution in [2.75, 3.05) is 13.7 Å². The van der Waals surface area contributed by atoms with Crippen molar-refractivity contribution in [2.24, 2.45) is 0 Å². The van der Waals surface area contributed by atoms with Crippen LogP contribution in [0.5, 0.6) is 0 Å². The Kier molecular flexibility index (Phi) is 5.87. The largest absolute Gasteiger partial charge is 0.392 e. The molecule has 0 amide bonds. The molecule has 0 spiro atoms. The van der Waals surface area contributed by atoms with E-state index in [1.807, 2.05) is 48.5 Å². The Bertz CT molecular complexity index is 537. The van der Waals surface area contributed by atoms with Gasteiger partial charge in [-0.15, -0.1) is 0 Å². The van der Waals surface area contributed by atoms with Crippen LogP contribution in [0.1, 0.15) is 5.56 Å². The van der Waals surface area contributed by atoms with Crippen LogP contribution in [0, 0.1) is 0 Å². The average Bonchev–Trinajstić information content (AvgIpc) is 2.52. The normalized spacial score (nSPS) is 13.2.